The number of hydrogen-bond acceptors (Lipinski definition) is 8. The molecule has 4 fully saturated rings. The largest absolute Gasteiger partial charge is 0.434 e. The van der Waals surface area contributed by atoms with Crippen molar-refractivity contribution in [2.24, 2.45) is 5.92 Å². The van der Waals surface area contributed by atoms with Crippen LogP contribution in [-0.4, -0.2) is 59.4 Å². The highest BCUT2D eigenvalue weighted by Crippen LogP contribution is 2.42. The van der Waals surface area contributed by atoms with Gasteiger partial charge in [0.2, 0.25) is 5.95 Å². The normalized spacial score (nSPS) is 28.9. The second-order valence-corrected chi connectivity index (χ2v) is 8.88. The number of alkyl halides is 2. The van der Waals surface area contributed by atoms with Gasteiger partial charge < -0.3 is 25.0 Å². The Bertz CT molecular complexity index is 962. The Hall–Kier alpha value is -2.75. The maximum absolute atomic E-state index is 13.1. The summed E-state index contributed by atoms with van der Waals surface area (Å²) in [6.07, 6.45) is 6.18. The fourth-order valence-electron chi connectivity index (χ4n) is 5.52. The Labute approximate surface area is 178 Å². The van der Waals surface area contributed by atoms with Crippen LogP contribution >= 0.6 is 0 Å². The van der Waals surface area contributed by atoms with Crippen molar-refractivity contribution >= 4 is 17.6 Å². The maximum atomic E-state index is 13.1. The second-order valence-electron chi connectivity index (χ2n) is 8.88. The minimum Gasteiger partial charge on any atom is -0.434 e. The number of nitrogen functional groups attached to an aromatic ring is 1. The van der Waals surface area contributed by atoms with Crippen molar-refractivity contribution in [3.8, 4) is 17.0 Å². The number of ether oxygens (including phenoxy) is 2. The van der Waals surface area contributed by atoms with Gasteiger partial charge in [-0.3, -0.25) is 0 Å². The molecule has 3 aliphatic heterocycles. The first-order valence-electron chi connectivity index (χ1n) is 10.8. The standard InChI is InChI=1S/C21H24F2N6O2/c22-20(23)31-17-6-18(24)25-7-15(17)16-5-19(28-9-14-4-13(28)10-30-14)27-21(26-16)29-8-11-1-2-12(29)3-11/h5-7,11-14,20H,1-4,8-10H2,(H2,24,25)/t11?,12?,13-,14-/m0/s1. The van der Waals surface area contributed by atoms with E-state index in [-0.39, 0.29) is 23.7 Å². The van der Waals surface area contributed by atoms with Gasteiger partial charge in [-0.2, -0.15) is 13.8 Å². The number of piperidine rings is 1. The molecule has 2 aromatic heterocycles. The topological polar surface area (TPSA) is 89.6 Å². The molecule has 0 amide bonds. The summed E-state index contributed by atoms with van der Waals surface area (Å²) >= 11 is 0. The summed E-state index contributed by atoms with van der Waals surface area (Å²) in [6, 6.07) is 3.86. The molecule has 1 aliphatic carbocycles. The Morgan fingerprint density at radius 1 is 1.10 bits per heavy atom. The third-order valence-electron chi connectivity index (χ3n) is 6.94. The lowest BCUT2D eigenvalue weighted by Gasteiger charge is -2.31. The summed E-state index contributed by atoms with van der Waals surface area (Å²) in [6.45, 7) is -0.588. The molecule has 4 atom stereocenters. The summed E-state index contributed by atoms with van der Waals surface area (Å²) in [7, 11) is 0. The first kappa shape index (κ1) is 19.0. The van der Waals surface area contributed by atoms with Crippen LogP contribution in [0.15, 0.2) is 18.3 Å². The number of anilines is 3. The average Bonchev–Trinajstić information content (AvgIpc) is 3.54. The van der Waals surface area contributed by atoms with Gasteiger partial charge in [-0.25, -0.2) is 9.97 Å². The first-order valence-corrected chi connectivity index (χ1v) is 10.8. The third-order valence-corrected chi connectivity index (χ3v) is 6.94. The van der Waals surface area contributed by atoms with Gasteiger partial charge in [0.15, 0.2) is 0 Å². The van der Waals surface area contributed by atoms with E-state index in [0.717, 1.165) is 38.2 Å². The molecule has 4 aliphatic rings. The Balaban J connectivity index is 1.44. The van der Waals surface area contributed by atoms with Crippen LogP contribution in [0, 0.1) is 5.92 Å². The molecule has 0 spiro atoms. The molecule has 3 saturated heterocycles. The first-order chi connectivity index (χ1) is 15.0. The zero-order valence-electron chi connectivity index (χ0n) is 17.0. The number of rotatable bonds is 5. The van der Waals surface area contributed by atoms with Gasteiger partial charge in [-0.05, 0) is 31.6 Å². The lowest BCUT2D eigenvalue weighted by atomic mass is 10.1. The number of aromatic nitrogens is 3. The molecule has 2 aromatic rings. The number of morpholine rings is 1. The van der Waals surface area contributed by atoms with Crippen LogP contribution in [0.5, 0.6) is 5.75 Å². The Kier molecular flexibility index (Phi) is 4.38. The van der Waals surface area contributed by atoms with Gasteiger partial charge >= 0.3 is 6.61 Å². The highest BCUT2D eigenvalue weighted by molar-refractivity contribution is 5.72. The van der Waals surface area contributed by atoms with Gasteiger partial charge in [-0.15, -0.1) is 0 Å². The molecular formula is C21H24F2N6O2. The molecule has 0 aromatic carbocycles. The molecule has 6 rings (SSSR count). The summed E-state index contributed by atoms with van der Waals surface area (Å²) in [5.74, 6) is 2.18. The van der Waals surface area contributed by atoms with E-state index in [1.807, 2.05) is 6.07 Å². The monoisotopic (exact) mass is 430 g/mol. The highest BCUT2D eigenvalue weighted by atomic mass is 19.3. The summed E-state index contributed by atoms with van der Waals surface area (Å²) in [5, 5.41) is 0. The molecule has 10 heteroatoms. The van der Waals surface area contributed by atoms with Crippen LogP contribution in [0.3, 0.4) is 0 Å². The van der Waals surface area contributed by atoms with Crippen molar-refractivity contribution in [2.75, 3.05) is 35.2 Å². The molecule has 31 heavy (non-hydrogen) atoms. The van der Waals surface area contributed by atoms with Crippen molar-refractivity contribution in [3.05, 3.63) is 18.3 Å². The lowest BCUT2D eigenvalue weighted by Crippen LogP contribution is -2.38. The molecule has 2 N–H and O–H groups in total. The summed E-state index contributed by atoms with van der Waals surface area (Å²) < 4.78 is 36.6. The van der Waals surface area contributed by atoms with Crippen molar-refractivity contribution in [3.63, 3.8) is 0 Å². The van der Waals surface area contributed by atoms with Crippen LogP contribution in [0.25, 0.3) is 11.3 Å². The SMILES string of the molecule is Nc1cc(OC(F)F)c(-c2cc(N3C[C@@H]4C[C@H]3CO4)nc(N3CC4CCC3C4)n2)cn1. The quantitative estimate of drug-likeness (QED) is 0.775. The van der Waals surface area contributed by atoms with Crippen molar-refractivity contribution in [1.82, 2.24) is 15.0 Å². The van der Waals surface area contributed by atoms with Crippen molar-refractivity contribution in [2.45, 2.75) is 50.5 Å². The Morgan fingerprint density at radius 2 is 2.00 bits per heavy atom. The predicted octanol–water partition coefficient (Wildman–Crippen LogP) is 2.69. The number of hydrogen-bond donors (Lipinski definition) is 1. The molecular weight excluding hydrogens is 406 g/mol. The minimum atomic E-state index is -2.97. The van der Waals surface area contributed by atoms with Gasteiger partial charge in [0.25, 0.3) is 0 Å². The van der Waals surface area contributed by atoms with Gasteiger partial charge in [0.05, 0.1) is 30.0 Å². The third kappa shape index (κ3) is 3.33. The van der Waals surface area contributed by atoms with E-state index in [1.54, 1.807) is 0 Å². The van der Waals surface area contributed by atoms with E-state index >= 15 is 0 Å². The second kappa shape index (κ2) is 7.15. The van der Waals surface area contributed by atoms with E-state index in [9.17, 15) is 8.78 Å². The molecule has 2 unspecified atom stereocenters. The van der Waals surface area contributed by atoms with Crippen molar-refractivity contribution in [1.29, 1.82) is 0 Å². The molecule has 5 heterocycles. The van der Waals surface area contributed by atoms with E-state index < -0.39 is 6.61 Å². The zero-order valence-corrected chi connectivity index (χ0v) is 17.0. The van der Waals surface area contributed by atoms with E-state index in [1.165, 1.54) is 18.7 Å². The summed E-state index contributed by atoms with van der Waals surface area (Å²) in [4.78, 5) is 18.3. The number of fused-ring (bicyclic) bond motifs is 4. The number of nitrogens with zero attached hydrogens (tertiary/aromatic N) is 5. The van der Waals surface area contributed by atoms with Crippen LogP contribution in [-0.2, 0) is 4.74 Å². The average molecular weight is 430 g/mol. The number of halogens is 2. The van der Waals surface area contributed by atoms with Crippen LogP contribution in [0.4, 0.5) is 26.4 Å². The number of pyridine rings is 1. The molecule has 0 radical (unpaired) electrons. The maximum Gasteiger partial charge on any atom is 0.387 e. The van der Waals surface area contributed by atoms with Gasteiger partial charge in [0.1, 0.15) is 17.4 Å². The molecule has 8 nitrogen and oxygen atoms in total. The number of nitrogens with two attached hydrogens (primary N) is 1. The van der Waals surface area contributed by atoms with E-state index in [2.05, 4.69) is 14.8 Å². The summed E-state index contributed by atoms with van der Waals surface area (Å²) in [5.41, 5.74) is 6.61. The van der Waals surface area contributed by atoms with E-state index in [0.29, 0.717) is 35.8 Å². The van der Waals surface area contributed by atoms with E-state index in [4.69, 9.17) is 25.2 Å². The highest BCUT2D eigenvalue weighted by Gasteiger charge is 2.42. The lowest BCUT2D eigenvalue weighted by molar-refractivity contribution is -0.0494. The van der Waals surface area contributed by atoms with Crippen LogP contribution in [0.1, 0.15) is 25.7 Å². The molecule has 164 valence electrons. The zero-order chi connectivity index (χ0) is 21.1. The Morgan fingerprint density at radius 3 is 2.68 bits per heavy atom. The van der Waals surface area contributed by atoms with Crippen LogP contribution < -0.4 is 20.3 Å². The predicted molar refractivity (Wildman–Crippen MR) is 110 cm³/mol. The fraction of sp³-hybridized carbons (Fsp3) is 0.571. The van der Waals surface area contributed by atoms with Crippen molar-refractivity contribution < 1.29 is 18.3 Å². The minimum absolute atomic E-state index is 0.0349. The van der Waals surface area contributed by atoms with Gasteiger partial charge in [0, 0.05) is 37.5 Å². The smallest absolute Gasteiger partial charge is 0.387 e. The molecule has 1 saturated carbocycles. The van der Waals surface area contributed by atoms with Crippen LogP contribution in [0.2, 0.25) is 0 Å². The fourth-order valence-corrected chi connectivity index (χ4v) is 5.52. The molecule has 4 bridgehead atoms. The van der Waals surface area contributed by atoms with Gasteiger partial charge in [-0.1, -0.05) is 0 Å².